The lowest BCUT2D eigenvalue weighted by Crippen LogP contribution is -2.41. The molecule has 0 atom stereocenters. The molecule has 0 aliphatic carbocycles. The fourth-order valence-corrected chi connectivity index (χ4v) is 2.21. The molecule has 0 saturated carbocycles. The monoisotopic (exact) mass is 283 g/mol. The van der Waals surface area contributed by atoms with E-state index in [-0.39, 0.29) is 5.91 Å². The standard InChI is InChI=1S/C13H18ClN3O2/c14-11-9-10(15)1-2-12(11)16-4-3-13(18)17-5-7-19-8-6-17/h1-2,9,16H,3-8,15H2. The van der Waals surface area contributed by atoms with Crippen molar-refractivity contribution in [3.8, 4) is 0 Å². The minimum absolute atomic E-state index is 0.141. The zero-order chi connectivity index (χ0) is 13.7. The Morgan fingerprint density at radius 2 is 2.16 bits per heavy atom. The summed E-state index contributed by atoms with van der Waals surface area (Å²) in [6, 6.07) is 5.28. The molecule has 1 heterocycles. The highest BCUT2D eigenvalue weighted by Gasteiger charge is 2.16. The maximum absolute atomic E-state index is 11.9. The van der Waals surface area contributed by atoms with E-state index >= 15 is 0 Å². The number of carbonyl (C=O) groups is 1. The van der Waals surface area contributed by atoms with Crippen LogP contribution in [0.5, 0.6) is 0 Å². The summed E-state index contributed by atoms with van der Waals surface area (Å²) in [4.78, 5) is 13.7. The van der Waals surface area contributed by atoms with Gasteiger partial charge in [0.25, 0.3) is 0 Å². The molecule has 0 unspecified atom stereocenters. The molecule has 1 aliphatic rings. The molecule has 5 nitrogen and oxygen atoms in total. The van der Waals surface area contributed by atoms with Crippen LogP contribution < -0.4 is 11.1 Å². The van der Waals surface area contributed by atoms with Gasteiger partial charge in [-0.1, -0.05) is 11.6 Å². The first-order valence-corrected chi connectivity index (χ1v) is 6.69. The Hall–Kier alpha value is -1.46. The Labute approximate surface area is 117 Å². The average molecular weight is 284 g/mol. The number of hydrogen-bond donors (Lipinski definition) is 2. The summed E-state index contributed by atoms with van der Waals surface area (Å²) in [7, 11) is 0. The maximum atomic E-state index is 11.9. The predicted molar refractivity (Wildman–Crippen MR) is 76.4 cm³/mol. The zero-order valence-electron chi connectivity index (χ0n) is 10.7. The van der Waals surface area contributed by atoms with Crippen LogP contribution in [-0.4, -0.2) is 43.7 Å². The van der Waals surface area contributed by atoms with Crippen LogP contribution in [-0.2, 0) is 9.53 Å². The Balaban J connectivity index is 1.78. The second-order valence-corrected chi connectivity index (χ2v) is 4.82. The van der Waals surface area contributed by atoms with Crippen LogP contribution in [0.4, 0.5) is 11.4 Å². The van der Waals surface area contributed by atoms with Crippen LogP contribution in [0.1, 0.15) is 6.42 Å². The van der Waals surface area contributed by atoms with Crippen molar-refractivity contribution in [2.24, 2.45) is 0 Å². The molecular weight excluding hydrogens is 266 g/mol. The molecule has 0 bridgehead atoms. The lowest BCUT2D eigenvalue weighted by molar-refractivity contribution is -0.134. The quantitative estimate of drug-likeness (QED) is 0.824. The molecule has 6 heteroatoms. The number of carbonyl (C=O) groups excluding carboxylic acids is 1. The lowest BCUT2D eigenvalue weighted by Gasteiger charge is -2.27. The summed E-state index contributed by atoms with van der Waals surface area (Å²) in [5.41, 5.74) is 7.04. The summed E-state index contributed by atoms with van der Waals surface area (Å²) >= 11 is 6.04. The molecule has 3 N–H and O–H groups in total. The van der Waals surface area contributed by atoms with E-state index in [2.05, 4.69) is 5.32 Å². The minimum atomic E-state index is 0.141. The second-order valence-electron chi connectivity index (χ2n) is 4.41. The number of nitrogen functional groups attached to an aromatic ring is 1. The van der Waals surface area contributed by atoms with Gasteiger partial charge in [-0.2, -0.15) is 0 Å². The molecule has 1 fully saturated rings. The number of anilines is 2. The van der Waals surface area contributed by atoms with Gasteiger partial charge < -0.3 is 20.7 Å². The molecule has 0 aromatic heterocycles. The third-order valence-corrected chi connectivity index (χ3v) is 3.32. The first-order valence-electron chi connectivity index (χ1n) is 6.31. The van der Waals surface area contributed by atoms with Crippen LogP contribution in [0.2, 0.25) is 5.02 Å². The van der Waals surface area contributed by atoms with Gasteiger partial charge in [0, 0.05) is 31.7 Å². The van der Waals surface area contributed by atoms with Gasteiger partial charge in [0.15, 0.2) is 0 Å². The highest BCUT2D eigenvalue weighted by atomic mass is 35.5. The number of nitrogens with zero attached hydrogens (tertiary/aromatic N) is 1. The minimum Gasteiger partial charge on any atom is -0.399 e. The molecule has 1 aromatic rings. The fraction of sp³-hybridized carbons (Fsp3) is 0.462. The predicted octanol–water partition coefficient (Wildman–Crippen LogP) is 1.58. The first kappa shape index (κ1) is 14.0. The summed E-state index contributed by atoms with van der Waals surface area (Å²) in [5, 5.41) is 3.71. The summed E-state index contributed by atoms with van der Waals surface area (Å²) in [6.07, 6.45) is 0.445. The number of nitrogens with one attached hydrogen (secondary N) is 1. The number of halogens is 1. The summed E-state index contributed by atoms with van der Waals surface area (Å²) in [6.45, 7) is 3.18. The Morgan fingerprint density at radius 3 is 2.84 bits per heavy atom. The van der Waals surface area contributed by atoms with Crippen molar-refractivity contribution in [1.82, 2.24) is 4.90 Å². The van der Waals surface area contributed by atoms with E-state index in [4.69, 9.17) is 22.1 Å². The smallest absolute Gasteiger partial charge is 0.224 e. The topological polar surface area (TPSA) is 67.6 Å². The number of benzene rings is 1. The van der Waals surface area contributed by atoms with E-state index in [9.17, 15) is 4.79 Å². The second kappa shape index (κ2) is 6.63. The number of nitrogens with two attached hydrogens (primary N) is 1. The number of morpholine rings is 1. The third-order valence-electron chi connectivity index (χ3n) is 3.01. The van der Waals surface area contributed by atoms with Gasteiger partial charge in [-0.15, -0.1) is 0 Å². The van der Waals surface area contributed by atoms with Gasteiger partial charge in [0.1, 0.15) is 0 Å². The Kier molecular flexibility index (Phi) is 4.87. The SMILES string of the molecule is Nc1ccc(NCCC(=O)N2CCOCC2)c(Cl)c1. The highest BCUT2D eigenvalue weighted by molar-refractivity contribution is 6.33. The Morgan fingerprint density at radius 1 is 1.42 bits per heavy atom. The van der Waals surface area contributed by atoms with Gasteiger partial charge in [-0.05, 0) is 18.2 Å². The van der Waals surface area contributed by atoms with Crippen molar-refractivity contribution >= 4 is 28.9 Å². The largest absolute Gasteiger partial charge is 0.399 e. The number of amides is 1. The van der Waals surface area contributed by atoms with Crippen LogP contribution in [0, 0.1) is 0 Å². The molecule has 0 radical (unpaired) electrons. The van der Waals surface area contributed by atoms with Crippen molar-refractivity contribution < 1.29 is 9.53 Å². The number of ether oxygens (including phenoxy) is 1. The fourth-order valence-electron chi connectivity index (χ4n) is 1.95. The molecule has 2 rings (SSSR count). The third kappa shape index (κ3) is 4.01. The van der Waals surface area contributed by atoms with Crippen molar-refractivity contribution in [3.63, 3.8) is 0 Å². The summed E-state index contributed by atoms with van der Waals surface area (Å²) in [5.74, 6) is 0.141. The van der Waals surface area contributed by atoms with Crippen LogP contribution in [0.15, 0.2) is 18.2 Å². The van der Waals surface area contributed by atoms with Gasteiger partial charge >= 0.3 is 0 Å². The van der Waals surface area contributed by atoms with Crippen molar-refractivity contribution in [2.45, 2.75) is 6.42 Å². The van der Waals surface area contributed by atoms with Gasteiger partial charge in [-0.3, -0.25) is 4.79 Å². The molecule has 1 aliphatic heterocycles. The molecule has 1 aromatic carbocycles. The van der Waals surface area contributed by atoms with E-state index in [0.717, 1.165) is 5.69 Å². The molecule has 1 amide bonds. The van der Waals surface area contributed by atoms with E-state index < -0.39 is 0 Å². The molecule has 1 saturated heterocycles. The van der Waals surface area contributed by atoms with E-state index in [1.54, 1.807) is 12.1 Å². The zero-order valence-corrected chi connectivity index (χ0v) is 11.4. The van der Waals surface area contributed by atoms with Gasteiger partial charge in [0.2, 0.25) is 5.91 Å². The summed E-state index contributed by atoms with van der Waals surface area (Å²) < 4.78 is 5.21. The lowest BCUT2D eigenvalue weighted by atomic mass is 10.2. The molecule has 104 valence electrons. The van der Waals surface area contributed by atoms with Crippen molar-refractivity contribution in [2.75, 3.05) is 43.9 Å². The van der Waals surface area contributed by atoms with E-state index in [1.807, 2.05) is 11.0 Å². The van der Waals surface area contributed by atoms with Gasteiger partial charge in [-0.25, -0.2) is 0 Å². The molecule has 0 spiro atoms. The van der Waals surface area contributed by atoms with Crippen molar-refractivity contribution in [3.05, 3.63) is 23.2 Å². The molecule has 19 heavy (non-hydrogen) atoms. The van der Waals surface area contributed by atoms with E-state index in [0.29, 0.717) is 50.0 Å². The normalized spacial score (nSPS) is 15.3. The average Bonchev–Trinajstić information content (AvgIpc) is 2.42. The maximum Gasteiger partial charge on any atom is 0.224 e. The first-order chi connectivity index (χ1) is 9.16. The van der Waals surface area contributed by atoms with Crippen LogP contribution >= 0.6 is 11.6 Å². The highest BCUT2D eigenvalue weighted by Crippen LogP contribution is 2.23. The number of rotatable bonds is 4. The molecular formula is C13H18ClN3O2. The van der Waals surface area contributed by atoms with Crippen molar-refractivity contribution in [1.29, 1.82) is 0 Å². The van der Waals surface area contributed by atoms with Gasteiger partial charge in [0.05, 0.1) is 23.9 Å². The van der Waals surface area contributed by atoms with Crippen LogP contribution in [0.3, 0.4) is 0 Å². The Bertz CT molecular complexity index is 448. The van der Waals surface area contributed by atoms with Crippen LogP contribution in [0.25, 0.3) is 0 Å². The number of hydrogen-bond acceptors (Lipinski definition) is 4. The van der Waals surface area contributed by atoms with E-state index in [1.165, 1.54) is 0 Å².